The molecule has 0 amide bonds. The van der Waals surface area contributed by atoms with Crippen LogP contribution in [0.2, 0.25) is 0 Å². The van der Waals surface area contributed by atoms with Crippen molar-refractivity contribution in [1.82, 2.24) is 9.97 Å². The number of hydrogen-bond donors (Lipinski definition) is 0. The molecule has 2 nitrogen and oxygen atoms in total. The lowest BCUT2D eigenvalue weighted by Gasteiger charge is -2.16. The van der Waals surface area contributed by atoms with Crippen molar-refractivity contribution >= 4 is 75.7 Å². The van der Waals surface area contributed by atoms with Crippen LogP contribution >= 0.6 is 0 Å². The minimum Gasteiger partial charge on any atom is -0.254 e. The van der Waals surface area contributed by atoms with Crippen molar-refractivity contribution in [2.45, 2.75) is 6.92 Å². The Labute approximate surface area is 341 Å². The predicted molar refractivity (Wildman–Crippen MR) is 251 cm³/mol. The Bertz CT molecular complexity index is 3670. The van der Waals surface area contributed by atoms with Gasteiger partial charge in [-0.25, -0.2) is 4.98 Å². The highest BCUT2D eigenvalue weighted by atomic mass is 14.8. The molecule has 2 heterocycles. The van der Waals surface area contributed by atoms with E-state index >= 15 is 0 Å². The first-order valence-electron chi connectivity index (χ1n) is 20.3. The molecule has 0 aliphatic carbocycles. The zero-order chi connectivity index (χ0) is 39.0. The highest BCUT2D eigenvalue weighted by Gasteiger charge is 2.16. The molecular weight excluding hydrogens is 713 g/mol. The molecule has 12 rings (SSSR count). The number of aromatic nitrogens is 2. The van der Waals surface area contributed by atoms with Crippen LogP contribution in [0.15, 0.2) is 200 Å². The molecule has 10 aromatic carbocycles. The molecule has 0 saturated heterocycles. The minimum atomic E-state index is 0.931. The zero-order valence-corrected chi connectivity index (χ0v) is 32.4. The van der Waals surface area contributed by atoms with E-state index in [1.54, 1.807) is 0 Å². The Morgan fingerprint density at radius 1 is 0.322 bits per heavy atom. The first-order chi connectivity index (χ1) is 29.2. The highest BCUT2D eigenvalue weighted by Crippen LogP contribution is 2.42. The van der Waals surface area contributed by atoms with Gasteiger partial charge in [0.2, 0.25) is 0 Å². The summed E-state index contributed by atoms with van der Waals surface area (Å²) in [5.74, 6) is 0. The summed E-state index contributed by atoms with van der Waals surface area (Å²) in [7, 11) is 0. The Hall–Kier alpha value is -7.68. The van der Waals surface area contributed by atoms with Gasteiger partial charge in [-0.05, 0) is 118 Å². The Morgan fingerprint density at radius 3 is 1.69 bits per heavy atom. The molecule has 0 bridgehead atoms. The maximum Gasteiger partial charge on any atom is 0.0972 e. The fourth-order valence-electron chi connectivity index (χ4n) is 9.57. The molecule has 0 N–H and O–H groups in total. The molecule has 0 aliphatic rings. The SMILES string of the molecule is Cc1cccc2ccc3cccc(-c4cccc5ccc6cc(-c7ccc(-c8ccc(-c9ccc%10ccc%11cccnc%11c%10n9)c9ccccc89)cc7)ccc6c45)c3c12. The monoisotopic (exact) mass is 748 g/mol. The standard InChI is InChI=1S/C57H36N2/c1-35-8-4-9-38-21-22-40-11-6-16-51(55(40)53(35)38)50-15-5-10-39-23-26-44-34-43(27-29-46(44)54(39)50)36-17-19-37(20-18-36)45-30-31-49(48-14-3-2-13-47(45)48)52-32-28-42-25-24-41-12-7-33-58-56(41)57(42)59-52/h2-34H,1H3. The van der Waals surface area contributed by atoms with Crippen molar-refractivity contribution in [3.63, 3.8) is 0 Å². The average molecular weight is 749 g/mol. The predicted octanol–water partition coefficient (Wildman–Crippen LogP) is 15.5. The molecule has 0 spiro atoms. The van der Waals surface area contributed by atoms with E-state index < -0.39 is 0 Å². The fraction of sp³-hybridized carbons (Fsp3) is 0.0175. The van der Waals surface area contributed by atoms with Crippen LogP contribution in [0.5, 0.6) is 0 Å². The maximum atomic E-state index is 5.19. The Morgan fingerprint density at radius 2 is 0.898 bits per heavy atom. The number of rotatable bonds is 4. The molecule has 12 aromatic rings. The van der Waals surface area contributed by atoms with E-state index in [0.717, 1.165) is 33.1 Å². The first-order valence-corrected chi connectivity index (χ1v) is 20.3. The lowest BCUT2D eigenvalue weighted by molar-refractivity contribution is 1.37. The van der Waals surface area contributed by atoms with Gasteiger partial charge in [-0.15, -0.1) is 0 Å². The van der Waals surface area contributed by atoms with Crippen molar-refractivity contribution in [3.05, 3.63) is 206 Å². The van der Waals surface area contributed by atoms with Crippen LogP contribution in [-0.2, 0) is 0 Å². The van der Waals surface area contributed by atoms with E-state index in [9.17, 15) is 0 Å². The lowest BCUT2D eigenvalue weighted by Crippen LogP contribution is -1.91. The van der Waals surface area contributed by atoms with E-state index in [2.05, 4.69) is 200 Å². The molecule has 0 unspecified atom stereocenters. The van der Waals surface area contributed by atoms with Gasteiger partial charge in [-0.2, -0.15) is 0 Å². The molecule has 0 saturated carbocycles. The zero-order valence-electron chi connectivity index (χ0n) is 32.4. The van der Waals surface area contributed by atoms with Gasteiger partial charge < -0.3 is 0 Å². The van der Waals surface area contributed by atoms with Crippen molar-refractivity contribution in [1.29, 1.82) is 0 Å². The third kappa shape index (κ3) is 5.34. The second-order valence-corrected chi connectivity index (χ2v) is 15.7. The largest absolute Gasteiger partial charge is 0.254 e. The summed E-state index contributed by atoms with van der Waals surface area (Å²) in [5, 5.41) is 14.8. The fourth-order valence-corrected chi connectivity index (χ4v) is 9.57. The molecule has 0 atom stereocenters. The molecule has 59 heavy (non-hydrogen) atoms. The normalized spacial score (nSPS) is 11.8. The lowest BCUT2D eigenvalue weighted by atomic mass is 9.88. The average Bonchev–Trinajstić information content (AvgIpc) is 3.30. The van der Waals surface area contributed by atoms with Crippen LogP contribution in [0.1, 0.15) is 5.56 Å². The third-order valence-corrected chi connectivity index (χ3v) is 12.4. The number of aryl methyl sites for hydroxylation is 1. The van der Waals surface area contributed by atoms with E-state index in [0.29, 0.717) is 0 Å². The molecule has 274 valence electrons. The van der Waals surface area contributed by atoms with Crippen LogP contribution < -0.4 is 0 Å². The minimum absolute atomic E-state index is 0.931. The summed E-state index contributed by atoms with van der Waals surface area (Å²) in [6, 6.07) is 71.0. The van der Waals surface area contributed by atoms with Crippen molar-refractivity contribution in [3.8, 4) is 44.6 Å². The molecule has 0 radical (unpaired) electrons. The Kier molecular flexibility index (Phi) is 7.48. The molecule has 0 aliphatic heterocycles. The van der Waals surface area contributed by atoms with E-state index in [1.807, 2.05) is 12.3 Å². The summed E-state index contributed by atoms with van der Waals surface area (Å²) in [6.07, 6.45) is 1.85. The molecule has 2 heteroatoms. The second-order valence-electron chi connectivity index (χ2n) is 15.7. The smallest absolute Gasteiger partial charge is 0.0972 e. The van der Waals surface area contributed by atoms with Crippen molar-refractivity contribution < 1.29 is 0 Å². The molecule has 0 fully saturated rings. The van der Waals surface area contributed by atoms with E-state index in [4.69, 9.17) is 4.98 Å². The number of nitrogens with zero attached hydrogens (tertiary/aromatic N) is 2. The van der Waals surface area contributed by atoms with Crippen LogP contribution in [0.4, 0.5) is 0 Å². The van der Waals surface area contributed by atoms with Gasteiger partial charge in [-0.3, -0.25) is 4.98 Å². The third-order valence-electron chi connectivity index (χ3n) is 12.4. The molecule has 2 aromatic heterocycles. The Balaban J connectivity index is 0.931. The van der Waals surface area contributed by atoms with E-state index in [1.165, 1.54) is 92.8 Å². The van der Waals surface area contributed by atoms with Crippen molar-refractivity contribution in [2.75, 3.05) is 0 Å². The first kappa shape index (κ1) is 33.5. The van der Waals surface area contributed by atoms with Gasteiger partial charge in [0.15, 0.2) is 0 Å². The quantitative estimate of drug-likeness (QED) is 0.168. The second kappa shape index (κ2) is 13.2. The highest BCUT2D eigenvalue weighted by molar-refractivity contribution is 6.21. The number of fused-ring (bicyclic) bond motifs is 10. The van der Waals surface area contributed by atoms with Gasteiger partial charge in [0.1, 0.15) is 0 Å². The molecular formula is C57H36N2. The van der Waals surface area contributed by atoms with Crippen LogP contribution in [-0.4, -0.2) is 9.97 Å². The summed E-state index contributed by atoms with van der Waals surface area (Å²) >= 11 is 0. The van der Waals surface area contributed by atoms with Gasteiger partial charge in [0.05, 0.1) is 16.7 Å². The number of benzene rings is 10. The van der Waals surface area contributed by atoms with Gasteiger partial charge in [0, 0.05) is 22.5 Å². The topological polar surface area (TPSA) is 25.8 Å². The van der Waals surface area contributed by atoms with Crippen molar-refractivity contribution in [2.24, 2.45) is 0 Å². The van der Waals surface area contributed by atoms with E-state index in [-0.39, 0.29) is 0 Å². The number of pyridine rings is 2. The summed E-state index contributed by atoms with van der Waals surface area (Å²) < 4.78 is 0. The van der Waals surface area contributed by atoms with Crippen LogP contribution in [0, 0.1) is 6.92 Å². The van der Waals surface area contributed by atoms with Gasteiger partial charge >= 0.3 is 0 Å². The summed E-state index contributed by atoms with van der Waals surface area (Å²) in [5.41, 5.74) is 12.6. The number of hydrogen-bond acceptors (Lipinski definition) is 2. The summed E-state index contributed by atoms with van der Waals surface area (Å²) in [4.78, 5) is 9.88. The summed E-state index contributed by atoms with van der Waals surface area (Å²) in [6.45, 7) is 2.23. The van der Waals surface area contributed by atoms with Crippen LogP contribution in [0.3, 0.4) is 0 Å². The van der Waals surface area contributed by atoms with Gasteiger partial charge in [-0.1, -0.05) is 176 Å². The maximum absolute atomic E-state index is 5.19. The van der Waals surface area contributed by atoms with Crippen LogP contribution in [0.25, 0.3) is 120 Å². The van der Waals surface area contributed by atoms with Gasteiger partial charge in [0.25, 0.3) is 0 Å².